The second-order valence-corrected chi connectivity index (χ2v) is 9.42. The Labute approximate surface area is 137 Å². The van der Waals surface area contributed by atoms with Crippen LogP contribution in [0.15, 0.2) is 48.5 Å². The van der Waals surface area contributed by atoms with Gasteiger partial charge in [0, 0.05) is 0 Å². The van der Waals surface area contributed by atoms with E-state index in [0.717, 1.165) is 11.4 Å². The molecule has 0 aliphatic heterocycles. The zero-order valence-corrected chi connectivity index (χ0v) is 14.7. The minimum Gasteiger partial charge on any atom is -0.657 e. The standard InChI is InChI=1S/C16H20NP2.Li/c1-18(2)15-11-7-5-9-13(15)17-14-10-6-8-12-16(14)19(3)4;/h5-12H,1-4H3;/q-1;+1. The van der Waals surface area contributed by atoms with E-state index < -0.39 is 0 Å². The van der Waals surface area contributed by atoms with Gasteiger partial charge in [-0.1, -0.05) is 64.4 Å². The molecule has 2 aromatic carbocycles. The topological polar surface area (TPSA) is 14.1 Å². The third-order valence-electron chi connectivity index (χ3n) is 2.97. The monoisotopic (exact) mass is 295 g/mol. The summed E-state index contributed by atoms with van der Waals surface area (Å²) in [5.41, 5.74) is 2.26. The van der Waals surface area contributed by atoms with Crippen LogP contribution in [0.5, 0.6) is 0 Å². The zero-order valence-electron chi connectivity index (χ0n) is 13.0. The van der Waals surface area contributed by atoms with Gasteiger partial charge in [0.2, 0.25) is 0 Å². The van der Waals surface area contributed by atoms with Gasteiger partial charge in [-0.3, -0.25) is 0 Å². The molecule has 0 radical (unpaired) electrons. The fourth-order valence-electron chi connectivity index (χ4n) is 2.00. The smallest absolute Gasteiger partial charge is 0.657 e. The molecule has 2 rings (SSSR count). The van der Waals surface area contributed by atoms with Gasteiger partial charge in [-0.05, 0) is 37.3 Å². The van der Waals surface area contributed by atoms with E-state index in [9.17, 15) is 0 Å². The predicted molar refractivity (Wildman–Crippen MR) is 92.4 cm³/mol. The molecular weight excluding hydrogens is 275 g/mol. The van der Waals surface area contributed by atoms with Crippen LogP contribution < -0.4 is 29.5 Å². The van der Waals surface area contributed by atoms with Gasteiger partial charge in [0.25, 0.3) is 0 Å². The molecule has 0 saturated heterocycles. The van der Waals surface area contributed by atoms with Crippen molar-refractivity contribution in [3.8, 4) is 0 Å². The summed E-state index contributed by atoms with van der Waals surface area (Å²) in [6.07, 6.45) is 0. The van der Waals surface area contributed by atoms with Crippen LogP contribution in [-0.2, 0) is 0 Å². The normalized spacial score (nSPS) is 10.5. The van der Waals surface area contributed by atoms with Crippen LogP contribution in [0.25, 0.3) is 5.32 Å². The first-order chi connectivity index (χ1) is 9.09. The molecule has 2 aromatic rings. The van der Waals surface area contributed by atoms with Crippen molar-refractivity contribution in [3.05, 3.63) is 53.8 Å². The third-order valence-corrected chi connectivity index (χ3v) is 5.65. The van der Waals surface area contributed by atoms with Crippen LogP contribution >= 0.6 is 15.8 Å². The van der Waals surface area contributed by atoms with Crippen LogP contribution in [0.1, 0.15) is 0 Å². The minimum atomic E-state index is -0.126. The van der Waals surface area contributed by atoms with E-state index in [-0.39, 0.29) is 34.7 Å². The Bertz CT molecular complexity index is 506. The largest absolute Gasteiger partial charge is 1.00 e. The second kappa shape index (κ2) is 8.22. The first kappa shape index (κ1) is 17.7. The molecule has 0 unspecified atom stereocenters. The maximum absolute atomic E-state index is 4.92. The maximum Gasteiger partial charge on any atom is 1.00 e. The van der Waals surface area contributed by atoms with Gasteiger partial charge in [-0.2, -0.15) is 0 Å². The van der Waals surface area contributed by atoms with E-state index in [1.807, 2.05) is 0 Å². The van der Waals surface area contributed by atoms with Crippen molar-refractivity contribution in [1.82, 2.24) is 0 Å². The summed E-state index contributed by atoms with van der Waals surface area (Å²) >= 11 is 0. The molecule has 100 valence electrons. The van der Waals surface area contributed by atoms with Gasteiger partial charge < -0.3 is 5.32 Å². The summed E-state index contributed by atoms with van der Waals surface area (Å²) in [5, 5.41) is 7.67. The van der Waals surface area contributed by atoms with E-state index in [1.165, 1.54) is 10.6 Å². The van der Waals surface area contributed by atoms with Gasteiger partial charge in [0.05, 0.1) is 0 Å². The van der Waals surface area contributed by atoms with Gasteiger partial charge in [0.1, 0.15) is 0 Å². The minimum absolute atomic E-state index is 0. The molecule has 20 heavy (non-hydrogen) atoms. The molecular formula is C16H20LiNP2. The van der Waals surface area contributed by atoms with E-state index >= 15 is 0 Å². The summed E-state index contributed by atoms with van der Waals surface area (Å²) in [4.78, 5) is 0. The Kier molecular flexibility index (Phi) is 7.29. The average molecular weight is 295 g/mol. The molecule has 0 bridgehead atoms. The maximum atomic E-state index is 4.92. The summed E-state index contributed by atoms with van der Waals surface area (Å²) in [5.74, 6) is 0. The number of hydrogen-bond donors (Lipinski definition) is 0. The molecule has 0 fully saturated rings. The Morgan fingerprint density at radius 2 is 1.00 bits per heavy atom. The SMILES string of the molecule is CP(C)c1ccccc1[N-]c1ccccc1P(C)C.[Li+]. The predicted octanol–water partition coefficient (Wildman–Crippen LogP) is 1.76. The van der Waals surface area contributed by atoms with Crippen LogP contribution in [0, 0.1) is 0 Å². The van der Waals surface area contributed by atoms with E-state index in [4.69, 9.17) is 5.32 Å². The van der Waals surface area contributed by atoms with E-state index in [1.54, 1.807) is 0 Å². The molecule has 0 N–H and O–H groups in total. The Balaban J connectivity index is 0.00000200. The van der Waals surface area contributed by atoms with Crippen molar-refractivity contribution in [2.75, 3.05) is 26.7 Å². The molecule has 0 aliphatic rings. The summed E-state index contributed by atoms with van der Waals surface area (Å²) in [6.45, 7) is 9.12. The van der Waals surface area contributed by atoms with E-state index in [2.05, 4.69) is 75.2 Å². The number of hydrogen-bond acceptors (Lipinski definition) is 0. The third kappa shape index (κ3) is 4.35. The number of para-hydroxylation sites is 2. The quantitative estimate of drug-likeness (QED) is 0.603. The van der Waals surface area contributed by atoms with Crippen molar-refractivity contribution in [1.29, 1.82) is 0 Å². The van der Waals surface area contributed by atoms with E-state index in [0.29, 0.717) is 0 Å². The Hall–Kier alpha value is -0.303. The molecule has 0 amide bonds. The average Bonchev–Trinajstić information content (AvgIpc) is 2.39. The van der Waals surface area contributed by atoms with Crippen molar-refractivity contribution in [2.24, 2.45) is 0 Å². The van der Waals surface area contributed by atoms with Crippen LogP contribution in [-0.4, -0.2) is 26.7 Å². The molecule has 0 aromatic heterocycles. The first-order valence-corrected chi connectivity index (χ1v) is 10.8. The summed E-state index contributed by atoms with van der Waals surface area (Å²) < 4.78 is 0. The number of benzene rings is 2. The second-order valence-electron chi connectivity index (χ2n) is 4.88. The fraction of sp³-hybridized carbons (Fsp3) is 0.250. The van der Waals surface area contributed by atoms with Gasteiger partial charge >= 0.3 is 18.9 Å². The first-order valence-electron chi connectivity index (χ1n) is 6.34. The van der Waals surface area contributed by atoms with Crippen LogP contribution in [0.4, 0.5) is 11.4 Å². The van der Waals surface area contributed by atoms with Crippen LogP contribution in [0.3, 0.4) is 0 Å². The van der Waals surface area contributed by atoms with Crippen LogP contribution in [0.2, 0.25) is 0 Å². The van der Waals surface area contributed by atoms with Crippen molar-refractivity contribution < 1.29 is 18.9 Å². The Morgan fingerprint density at radius 1 is 0.650 bits per heavy atom. The number of rotatable bonds is 4. The zero-order chi connectivity index (χ0) is 13.8. The fourth-order valence-corrected chi connectivity index (χ4v) is 3.94. The van der Waals surface area contributed by atoms with Gasteiger partial charge in [0.15, 0.2) is 0 Å². The molecule has 4 heteroatoms. The van der Waals surface area contributed by atoms with Crippen molar-refractivity contribution in [3.63, 3.8) is 0 Å². The molecule has 0 atom stereocenters. The Morgan fingerprint density at radius 3 is 1.35 bits per heavy atom. The molecule has 1 nitrogen and oxygen atoms in total. The molecule has 0 saturated carbocycles. The van der Waals surface area contributed by atoms with Gasteiger partial charge in [-0.15, -0.1) is 11.4 Å². The summed E-state index contributed by atoms with van der Waals surface area (Å²) in [7, 11) is -0.252. The van der Waals surface area contributed by atoms with Crippen molar-refractivity contribution >= 4 is 37.8 Å². The van der Waals surface area contributed by atoms with Gasteiger partial charge in [-0.25, -0.2) is 0 Å². The summed E-state index contributed by atoms with van der Waals surface area (Å²) in [6, 6.07) is 17.0. The van der Waals surface area contributed by atoms with Crippen molar-refractivity contribution in [2.45, 2.75) is 0 Å². The number of nitrogens with zero attached hydrogens (tertiary/aromatic N) is 1. The molecule has 0 spiro atoms. The molecule has 0 aliphatic carbocycles. The molecule has 0 heterocycles.